The zero-order valence-electron chi connectivity index (χ0n) is 28.5. The number of halogens is 4. The number of nitrogens with zero attached hydrogens (tertiary/aromatic N) is 3. The van der Waals surface area contributed by atoms with E-state index >= 15 is 0 Å². The lowest BCUT2D eigenvalue weighted by molar-refractivity contribution is -0.154. The fraction of sp³-hybridized carbons (Fsp3) is 0.286. The van der Waals surface area contributed by atoms with E-state index < -0.39 is 54.1 Å². The van der Waals surface area contributed by atoms with E-state index in [1.807, 2.05) is 12.1 Å². The molecule has 6 N–H and O–H groups in total. The van der Waals surface area contributed by atoms with Gasteiger partial charge in [0, 0.05) is 29.4 Å². The number of carbonyl (C=O) groups excluding carboxylic acids is 3. The second-order valence-electron chi connectivity index (χ2n) is 12.0. The van der Waals surface area contributed by atoms with Crippen molar-refractivity contribution < 1.29 is 46.9 Å². The quantitative estimate of drug-likeness (QED) is 0.0882. The maximum absolute atomic E-state index is 12.9. The Hall–Kier alpha value is -6.17. The molecule has 19 heteroatoms. The SMILES string of the molecule is COc1ccc(CNC(=O)C(=O)NCC[C@H](NC(=O)c2ccc(Nc3nc(NC4(c5ccc(Cl)cc5)CC4)nc(OCC(F)(F)F)n3)cc2)C(=O)O)cc1. The van der Waals surface area contributed by atoms with Crippen LogP contribution in [0.15, 0.2) is 72.8 Å². The number of hydrogen-bond acceptors (Lipinski definition) is 11. The Balaban J connectivity index is 1.16. The molecule has 1 atom stereocenters. The number of methoxy groups -OCH3 is 1. The van der Waals surface area contributed by atoms with Crippen molar-refractivity contribution in [1.29, 1.82) is 0 Å². The Morgan fingerprint density at radius 1 is 0.889 bits per heavy atom. The summed E-state index contributed by atoms with van der Waals surface area (Å²) in [7, 11) is 1.52. The Morgan fingerprint density at radius 3 is 2.15 bits per heavy atom. The lowest BCUT2D eigenvalue weighted by Gasteiger charge is -2.19. The topological polar surface area (TPSA) is 206 Å². The molecule has 0 unspecified atom stereocenters. The van der Waals surface area contributed by atoms with E-state index in [0.29, 0.717) is 29.3 Å². The molecule has 0 saturated heterocycles. The van der Waals surface area contributed by atoms with Gasteiger partial charge in [-0.3, -0.25) is 14.4 Å². The van der Waals surface area contributed by atoms with E-state index in [4.69, 9.17) is 21.1 Å². The molecule has 0 radical (unpaired) electrons. The average Bonchev–Trinajstić information content (AvgIpc) is 3.93. The van der Waals surface area contributed by atoms with Gasteiger partial charge in [0.2, 0.25) is 11.9 Å². The standard InChI is InChI=1S/C35H34ClF3N8O7/c1-53-25-12-2-20(3-13-25)18-41-29(50)28(49)40-17-14-26(30(51)52)43-27(48)21-4-10-24(11-5-21)42-31-44-32(46-33(45-31)54-19-35(37,38)39)47-34(15-16-34)22-6-8-23(36)9-7-22/h2-13,26H,14-19H2,1H3,(H,40,49)(H,41,50)(H,43,48)(H,51,52)(H2,42,44,45,46,47)/t26-/m0/s1. The van der Waals surface area contributed by atoms with Gasteiger partial charge in [-0.15, -0.1) is 0 Å². The maximum Gasteiger partial charge on any atom is 0.422 e. The minimum atomic E-state index is -4.64. The van der Waals surface area contributed by atoms with Crippen LogP contribution >= 0.6 is 11.6 Å². The third kappa shape index (κ3) is 11.2. The van der Waals surface area contributed by atoms with Crippen molar-refractivity contribution >= 4 is 52.9 Å². The summed E-state index contributed by atoms with van der Waals surface area (Å²) in [5, 5.41) is 23.4. The first-order chi connectivity index (χ1) is 25.7. The number of anilines is 3. The number of ether oxygens (including phenoxy) is 2. The van der Waals surface area contributed by atoms with Crippen molar-refractivity contribution in [2.45, 2.75) is 43.6 Å². The number of carbonyl (C=O) groups is 4. The molecular weight excluding hydrogens is 737 g/mol. The van der Waals surface area contributed by atoms with Crippen LogP contribution in [0.25, 0.3) is 0 Å². The number of benzene rings is 3. The first-order valence-electron chi connectivity index (χ1n) is 16.3. The summed E-state index contributed by atoms with van der Waals surface area (Å²) in [6.45, 7) is -1.78. The summed E-state index contributed by atoms with van der Waals surface area (Å²) >= 11 is 6.02. The highest BCUT2D eigenvalue weighted by Crippen LogP contribution is 2.48. The number of hydrogen-bond donors (Lipinski definition) is 6. The monoisotopic (exact) mass is 770 g/mol. The highest BCUT2D eigenvalue weighted by atomic mass is 35.5. The summed E-state index contributed by atoms with van der Waals surface area (Å²) in [5.41, 5.74) is 1.44. The Morgan fingerprint density at radius 2 is 1.54 bits per heavy atom. The fourth-order valence-corrected chi connectivity index (χ4v) is 5.15. The molecule has 1 heterocycles. The van der Waals surface area contributed by atoms with Gasteiger partial charge in [-0.1, -0.05) is 35.9 Å². The Labute approximate surface area is 311 Å². The number of carboxylic acid groups (broad SMARTS) is 1. The molecule has 5 rings (SSSR count). The lowest BCUT2D eigenvalue weighted by atomic mass is 10.1. The third-order valence-corrected chi connectivity index (χ3v) is 8.27. The van der Waals surface area contributed by atoms with E-state index in [1.165, 1.54) is 31.4 Å². The number of alkyl halides is 3. The first kappa shape index (κ1) is 39.0. The molecule has 1 saturated carbocycles. The number of aliphatic carboxylic acids is 1. The van der Waals surface area contributed by atoms with E-state index in [0.717, 1.165) is 11.1 Å². The molecule has 54 heavy (non-hydrogen) atoms. The van der Waals surface area contributed by atoms with Crippen molar-refractivity contribution in [2.24, 2.45) is 0 Å². The molecule has 0 bridgehead atoms. The normalized spacial score (nSPS) is 13.5. The molecule has 1 aliphatic rings. The predicted molar refractivity (Wildman–Crippen MR) is 188 cm³/mol. The molecule has 1 fully saturated rings. The summed E-state index contributed by atoms with van der Waals surface area (Å²) in [5.74, 6) is -3.58. The molecule has 1 aromatic heterocycles. The van der Waals surface area contributed by atoms with E-state index in [-0.39, 0.29) is 37.0 Å². The third-order valence-electron chi connectivity index (χ3n) is 8.02. The molecule has 3 amide bonds. The largest absolute Gasteiger partial charge is 0.497 e. The van der Waals surface area contributed by atoms with Crippen LogP contribution in [-0.4, -0.2) is 76.2 Å². The molecule has 4 aromatic rings. The lowest BCUT2D eigenvalue weighted by Crippen LogP contribution is -2.45. The van der Waals surface area contributed by atoms with Gasteiger partial charge in [-0.05, 0) is 78.9 Å². The minimum absolute atomic E-state index is 0.0433. The number of amides is 3. The van der Waals surface area contributed by atoms with Crippen LogP contribution in [-0.2, 0) is 26.5 Å². The number of aromatic nitrogens is 3. The fourth-order valence-electron chi connectivity index (χ4n) is 5.02. The van der Waals surface area contributed by atoms with Gasteiger partial charge in [0.25, 0.3) is 5.91 Å². The van der Waals surface area contributed by atoms with Crippen molar-refractivity contribution in [1.82, 2.24) is 30.9 Å². The second-order valence-corrected chi connectivity index (χ2v) is 12.5. The van der Waals surface area contributed by atoms with Crippen molar-refractivity contribution in [2.75, 3.05) is 30.9 Å². The van der Waals surface area contributed by atoms with Gasteiger partial charge < -0.3 is 41.2 Å². The van der Waals surface area contributed by atoms with Crippen LogP contribution in [0.3, 0.4) is 0 Å². The summed E-state index contributed by atoms with van der Waals surface area (Å²) in [6, 6.07) is 17.6. The predicted octanol–water partition coefficient (Wildman–Crippen LogP) is 4.33. The number of nitrogens with one attached hydrogen (secondary N) is 5. The Kier molecular flexibility index (Phi) is 12.4. The number of rotatable bonds is 16. The maximum atomic E-state index is 12.9. The zero-order valence-corrected chi connectivity index (χ0v) is 29.3. The van der Waals surface area contributed by atoms with E-state index in [1.54, 1.807) is 36.4 Å². The van der Waals surface area contributed by atoms with E-state index in [2.05, 4.69) is 41.5 Å². The zero-order chi connectivity index (χ0) is 38.9. The highest BCUT2D eigenvalue weighted by molar-refractivity contribution is 6.35. The van der Waals surface area contributed by atoms with Crippen LogP contribution in [0.2, 0.25) is 5.02 Å². The van der Waals surface area contributed by atoms with Gasteiger partial charge >= 0.3 is 30.0 Å². The van der Waals surface area contributed by atoms with Crippen molar-refractivity contribution in [3.63, 3.8) is 0 Å². The summed E-state index contributed by atoms with van der Waals surface area (Å²) in [4.78, 5) is 61.4. The van der Waals surface area contributed by atoms with Crippen LogP contribution in [0.1, 0.15) is 40.7 Å². The molecule has 0 spiro atoms. The van der Waals surface area contributed by atoms with Crippen LogP contribution in [0.5, 0.6) is 11.8 Å². The molecule has 284 valence electrons. The Bertz CT molecular complexity index is 1960. The molecular formula is C35H34ClF3N8O7. The van der Waals surface area contributed by atoms with Gasteiger partial charge in [0.05, 0.1) is 12.6 Å². The van der Waals surface area contributed by atoms with Gasteiger partial charge in [-0.2, -0.15) is 28.1 Å². The van der Waals surface area contributed by atoms with Gasteiger partial charge in [0.1, 0.15) is 11.8 Å². The van der Waals surface area contributed by atoms with Gasteiger partial charge in [-0.25, -0.2) is 4.79 Å². The highest BCUT2D eigenvalue weighted by Gasteiger charge is 2.45. The minimum Gasteiger partial charge on any atom is -0.497 e. The average molecular weight is 771 g/mol. The number of carboxylic acids is 1. The van der Waals surface area contributed by atoms with Gasteiger partial charge in [0.15, 0.2) is 6.61 Å². The molecule has 0 aliphatic heterocycles. The molecule has 3 aromatic carbocycles. The van der Waals surface area contributed by atoms with Crippen LogP contribution < -0.4 is 36.1 Å². The molecule has 1 aliphatic carbocycles. The summed E-state index contributed by atoms with van der Waals surface area (Å²) < 4.78 is 48.7. The van der Waals surface area contributed by atoms with E-state index in [9.17, 15) is 37.5 Å². The molecule has 15 nitrogen and oxygen atoms in total. The van der Waals surface area contributed by atoms with Crippen LogP contribution in [0.4, 0.5) is 30.8 Å². The first-order valence-corrected chi connectivity index (χ1v) is 16.7. The van der Waals surface area contributed by atoms with Crippen molar-refractivity contribution in [3.8, 4) is 11.8 Å². The van der Waals surface area contributed by atoms with Crippen LogP contribution in [0, 0.1) is 0 Å². The second kappa shape index (κ2) is 17.1. The smallest absolute Gasteiger partial charge is 0.422 e. The van der Waals surface area contributed by atoms with Crippen molar-refractivity contribution in [3.05, 3.63) is 94.5 Å². The summed E-state index contributed by atoms with van der Waals surface area (Å²) in [6.07, 6.45) is -3.47.